The highest BCUT2D eigenvalue weighted by atomic mass is 35.5. The summed E-state index contributed by atoms with van der Waals surface area (Å²) in [5, 5.41) is 0.132. The zero-order valence-corrected chi connectivity index (χ0v) is 14.9. The number of aryl methyl sites for hydroxylation is 1. The minimum absolute atomic E-state index is 0.00927. The summed E-state index contributed by atoms with van der Waals surface area (Å²) < 4.78 is 33.7. The second kappa shape index (κ2) is 7.68. The van der Waals surface area contributed by atoms with Gasteiger partial charge in [-0.2, -0.15) is 0 Å². The molecule has 0 aromatic heterocycles. The summed E-state index contributed by atoms with van der Waals surface area (Å²) in [6.45, 7) is 2.12. The van der Waals surface area contributed by atoms with Gasteiger partial charge in [-0.1, -0.05) is 29.8 Å². The van der Waals surface area contributed by atoms with Crippen LogP contribution in [0.4, 0.5) is 0 Å². The molecule has 0 saturated heterocycles. The Labute approximate surface area is 146 Å². The number of rotatable bonds is 6. The highest BCUT2D eigenvalue weighted by Crippen LogP contribution is 2.21. The standard InChI is InChI=1S/C17H17ClO5S/c1-12-5-3-4-6-16(12)22-9-10-23-17(19)14-11-13(24(2,20)21)7-8-15(14)18/h3-8,11H,9-10H2,1-2H3. The number of benzene rings is 2. The van der Waals surface area contributed by atoms with E-state index in [0.717, 1.165) is 11.8 Å². The molecule has 7 heteroatoms. The van der Waals surface area contributed by atoms with Crippen LogP contribution in [0.15, 0.2) is 47.4 Å². The molecule has 0 spiro atoms. The summed E-state index contributed by atoms with van der Waals surface area (Å²) in [5.74, 6) is 0.0181. The monoisotopic (exact) mass is 368 g/mol. The van der Waals surface area contributed by atoms with E-state index in [0.29, 0.717) is 5.75 Å². The third-order valence-electron chi connectivity index (χ3n) is 3.25. The van der Waals surface area contributed by atoms with Crippen molar-refractivity contribution >= 4 is 27.4 Å². The van der Waals surface area contributed by atoms with Gasteiger partial charge >= 0.3 is 5.97 Å². The number of halogens is 1. The van der Waals surface area contributed by atoms with Crippen molar-refractivity contribution < 1.29 is 22.7 Å². The molecule has 0 aliphatic carbocycles. The van der Waals surface area contributed by atoms with Gasteiger partial charge in [-0.05, 0) is 36.8 Å². The lowest BCUT2D eigenvalue weighted by atomic mass is 10.2. The highest BCUT2D eigenvalue weighted by Gasteiger charge is 2.16. The molecule has 0 heterocycles. The molecule has 24 heavy (non-hydrogen) atoms. The van der Waals surface area contributed by atoms with E-state index in [1.54, 1.807) is 0 Å². The molecule has 2 aromatic carbocycles. The largest absolute Gasteiger partial charge is 0.490 e. The number of carbonyl (C=O) groups is 1. The number of ether oxygens (including phenoxy) is 2. The Bertz CT molecular complexity index is 846. The van der Waals surface area contributed by atoms with Crippen LogP contribution in [0, 0.1) is 6.92 Å². The maximum Gasteiger partial charge on any atom is 0.339 e. The molecule has 0 bridgehead atoms. The van der Waals surface area contributed by atoms with Crippen LogP contribution >= 0.6 is 11.6 Å². The van der Waals surface area contributed by atoms with Gasteiger partial charge in [0.15, 0.2) is 9.84 Å². The number of hydrogen-bond donors (Lipinski definition) is 0. The molecule has 0 saturated carbocycles. The zero-order chi connectivity index (χ0) is 17.7. The van der Waals surface area contributed by atoms with E-state index >= 15 is 0 Å². The van der Waals surface area contributed by atoms with Gasteiger partial charge in [0.2, 0.25) is 0 Å². The molecule has 128 valence electrons. The molecule has 5 nitrogen and oxygen atoms in total. The first-order chi connectivity index (χ1) is 11.3. The van der Waals surface area contributed by atoms with Crippen molar-refractivity contribution in [2.24, 2.45) is 0 Å². The van der Waals surface area contributed by atoms with Crippen molar-refractivity contribution in [3.05, 3.63) is 58.6 Å². The van der Waals surface area contributed by atoms with Crippen molar-refractivity contribution in [2.75, 3.05) is 19.5 Å². The van der Waals surface area contributed by atoms with Gasteiger partial charge in [0, 0.05) is 6.26 Å². The lowest BCUT2D eigenvalue weighted by Gasteiger charge is -2.10. The van der Waals surface area contributed by atoms with E-state index in [1.165, 1.54) is 18.2 Å². The number of carbonyl (C=O) groups excluding carboxylic acids is 1. The lowest BCUT2D eigenvalue weighted by Crippen LogP contribution is -2.13. The van der Waals surface area contributed by atoms with Crippen LogP contribution in [-0.4, -0.2) is 33.9 Å². The van der Waals surface area contributed by atoms with E-state index in [1.807, 2.05) is 31.2 Å². The first kappa shape index (κ1) is 18.3. The van der Waals surface area contributed by atoms with Crippen molar-refractivity contribution in [2.45, 2.75) is 11.8 Å². The molecule has 0 fully saturated rings. The predicted octanol–water partition coefficient (Wildman–Crippen LogP) is 3.29. The smallest absolute Gasteiger partial charge is 0.339 e. The van der Waals surface area contributed by atoms with Gasteiger partial charge in [0.05, 0.1) is 15.5 Å². The van der Waals surface area contributed by atoms with Crippen molar-refractivity contribution in [1.29, 1.82) is 0 Å². The molecular formula is C17H17ClO5S. The average Bonchev–Trinajstić information content (AvgIpc) is 2.52. The second-order valence-electron chi connectivity index (χ2n) is 5.16. The van der Waals surface area contributed by atoms with E-state index < -0.39 is 15.8 Å². The van der Waals surface area contributed by atoms with E-state index in [2.05, 4.69) is 0 Å². The van der Waals surface area contributed by atoms with Gasteiger partial charge in [0.25, 0.3) is 0 Å². The molecule has 0 unspecified atom stereocenters. The first-order valence-electron chi connectivity index (χ1n) is 7.14. The average molecular weight is 369 g/mol. The molecule has 2 aromatic rings. The van der Waals surface area contributed by atoms with Crippen LogP contribution in [0.2, 0.25) is 5.02 Å². The fraction of sp³-hybridized carbons (Fsp3) is 0.235. The van der Waals surface area contributed by atoms with Crippen LogP contribution in [-0.2, 0) is 14.6 Å². The molecular weight excluding hydrogens is 352 g/mol. The Balaban J connectivity index is 1.97. The number of hydrogen-bond acceptors (Lipinski definition) is 5. The van der Waals surface area contributed by atoms with Crippen LogP contribution in [0.5, 0.6) is 5.75 Å². The third-order valence-corrected chi connectivity index (χ3v) is 4.69. The number of esters is 1. The Morgan fingerprint density at radius 3 is 2.50 bits per heavy atom. The van der Waals surface area contributed by atoms with Crippen LogP contribution < -0.4 is 4.74 Å². The summed E-state index contributed by atoms with van der Waals surface area (Å²) in [6, 6.07) is 11.4. The minimum atomic E-state index is -3.43. The molecule has 0 amide bonds. The van der Waals surface area contributed by atoms with Gasteiger partial charge in [-0.25, -0.2) is 13.2 Å². The summed E-state index contributed by atoms with van der Waals surface area (Å²) in [5.41, 5.74) is 0.989. The zero-order valence-electron chi connectivity index (χ0n) is 13.3. The lowest BCUT2D eigenvalue weighted by molar-refractivity contribution is 0.0450. The van der Waals surface area contributed by atoms with Gasteiger partial charge < -0.3 is 9.47 Å². The summed E-state index contributed by atoms with van der Waals surface area (Å²) in [7, 11) is -3.43. The highest BCUT2D eigenvalue weighted by molar-refractivity contribution is 7.90. The van der Waals surface area contributed by atoms with Gasteiger partial charge in [0.1, 0.15) is 19.0 Å². The fourth-order valence-electron chi connectivity index (χ4n) is 1.97. The van der Waals surface area contributed by atoms with Crippen LogP contribution in [0.25, 0.3) is 0 Å². The van der Waals surface area contributed by atoms with Crippen molar-refractivity contribution in [1.82, 2.24) is 0 Å². The maximum atomic E-state index is 12.1. The Kier molecular flexibility index (Phi) is 5.85. The van der Waals surface area contributed by atoms with E-state index in [4.69, 9.17) is 21.1 Å². The minimum Gasteiger partial charge on any atom is -0.490 e. The topological polar surface area (TPSA) is 69.7 Å². The SMILES string of the molecule is Cc1ccccc1OCCOC(=O)c1cc(S(C)(=O)=O)ccc1Cl. The third kappa shape index (κ3) is 4.72. The Morgan fingerprint density at radius 1 is 1.12 bits per heavy atom. The van der Waals surface area contributed by atoms with Crippen molar-refractivity contribution in [3.8, 4) is 5.75 Å². The summed E-state index contributed by atoms with van der Waals surface area (Å²) in [4.78, 5) is 12.1. The molecule has 0 N–H and O–H groups in total. The second-order valence-corrected chi connectivity index (χ2v) is 7.59. The quantitative estimate of drug-likeness (QED) is 0.578. The molecule has 0 aliphatic rings. The normalized spacial score (nSPS) is 11.1. The molecule has 0 atom stereocenters. The fourth-order valence-corrected chi connectivity index (χ4v) is 2.82. The molecule has 0 aliphatic heterocycles. The number of para-hydroxylation sites is 1. The first-order valence-corrected chi connectivity index (χ1v) is 9.41. The summed E-state index contributed by atoms with van der Waals surface area (Å²) in [6.07, 6.45) is 1.06. The van der Waals surface area contributed by atoms with E-state index in [-0.39, 0.29) is 28.7 Å². The Hall–Kier alpha value is -2.05. The molecule has 0 radical (unpaired) electrons. The molecule has 2 rings (SSSR count). The van der Waals surface area contributed by atoms with Gasteiger partial charge in [-0.3, -0.25) is 0 Å². The predicted molar refractivity (Wildman–Crippen MR) is 91.5 cm³/mol. The van der Waals surface area contributed by atoms with E-state index in [9.17, 15) is 13.2 Å². The van der Waals surface area contributed by atoms with Crippen LogP contribution in [0.3, 0.4) is 0 Å². The van der Waals surface area contributed by atoms with Gasteiger partial charge in [-0.15, -0.1) is 0 Å². The Morgan fingerprint density at radius 2 is 1.83 bits per heavy atom. The van der Waals surface area contributed by atoms with Crippen molar-refractivity contribution in [3.63, 3.8) is 0 Å². The summed E-state index contributed by atoms with van der Waals surface area (Å²) >= 11 is 5.94. The maximum absolute atomic E-state index is 12.1. The number of sulfone groups is 1. The van der Waals surface area contributed by atoms with Crippen LogP contribution in [0.1, 0.15) is 15.9 Å².